The number of benzene rings is 1. The predicted octanol–water partition coefficient (Wildman–Crippen LogP) is 3.60. The van der Waals surface area contributed by atoms with Gasteiger partial charge in [-0.3, -0.25) is 0 Å². The Morgan fingerprint density at radius 3 is 2.24 bits per heavy atom. The van der Waals surface area contributed by atoms with Crippen LogP contribution in [0.3, 0.4) is 0 Å². The van der Waals surface area contributed by atoms with Gasteiger partial charge in [0.1, 0.15) is 0 Å². The van der Waals surface area contributed by atoms with Crippen LogP contribution in [-0.4, -0.2) is 18.3 Å². The zero-order valence-electron chi connectivity index (χ0n) is 11.0. The molecule has 2 rings (SSSR count). The van der Waals surface area contributed by atoms with Gasteiger partial charge in [0.25, 0.3) is 0 Å². The van der Waals surface area contributed by atoms with Gasteiger partial charge in [-0.2, -0.15) is 0 Å². The molecule has 0 aliphatic carbocycles. The molecule has 17 heavy (non-hydrogen) atoms. The zero-order chi connectivity index (χ0) is 12.5. The van der Waals surface area contributed by atoms with Crippen molar-refractivity contribution < 1.29 is 0 Å². The van der Waals surface area contributed by atoms with Crippen molar-refractivity contribution in [3.63, 3.8) is 0 Å². The van der Waals surface area contributed by atoms with Crippen LogP contribution in [-0.2, 0) is 0 Å². The van der Waals surface area contributed by atoms with Crippen molar-refractivity contribution in [3.8, 4) is 11.3 Å². The number of nitrogens with zero attached hydrogens (tertiary/aromatic N) is 1. The maximum absolute atomic E-state index is 4.55. The molecule has 0 fully saturated rings. The number of rotatable bonds is 2. The van der Waals surface area contributed by atoms with Crippen LogP contribution in [0.2, 0.25) is 17.3 Å². The molecule has 1 aromatic heterocycles. The second-order valence-corrected chi connectivity index (χ2v) is 16.1. The minimum atomic E-state index is -1.79. The number of aryl methyl sites for hydroxylation is 1. The van der Waals surface area contributed by atoms with Gasteiger partial charge in [0.05, 0.1) is 0 Å². The van der Waals surface area contributed by atoms with E-state index in [1.165, 1.54) is 11.1 Å². The molecule has 0 atom stereocenters. The van der Waals surface area contributed by atoms with E-state index < -0.39 is 13.3 Å². The minimum absolute atomic E-state index is 1.10. The van der Waals surface area contributed by atoms with E-state index in [0.29, 0.717) is 0 Å². The van der Waals surface area contributed by atoms with Gasteiger partial charge in [0.2, 0.25) is 0 Å². The standard InChI is InChI=1S/C15H19GeN/c1-12-11-17-15(10-14(12)16(2,3)4)13-8-6-5-7-9-13/h5-11H,1-4H3. The molecule has 0 N–H and O–H groups in total. The molecule has 88 valence electrons. The third-order valence-corrected chi connectivity index (χ3v) is 7.50. The molecule has 0 radical (unpaired) electrons. The molecule has 0 unspecified atom stereocenters. The summed E-state index contributed by atoms with van der Waals surface area (Å²) in [6.45, 7) is 2.17. The summed E-state index contributed by atoms with van der Waals surface area (Å²) < 4.78 is 1.55. The average Bonchev–Trinajstić information content (AvgIpc) is 2.29. The molecule has 1 nitrogen and oxygen atoms in total. The van der Waals surface area contributed by atoms with E-state index in [2.05, 4.69) is 59.5 Å². The Labute approximate surface area is 106 Å². The Bertz CT molecular complexity index is 512. The van der Waals surface area contributed by atoms with E-state index in [1.54, 1.807) is 4.40 Å². The van der Waals surface area contributed by atoms with Gasteiger partial charge in [-0.05, 0) is 0 Å². The molecule has 1 heterocycles. The zero-order valence-corrected chi connectivity index (χ0v) is 13.1. The molecular formula is C15H19GeN. The van der Waals surface area contributed by atoms with Crippen molar-refractivity contribution >= 4 is 17.7 Å². The van der Waals surface area contributed by atoms with Gasteiger partial charge in [-0.15, -0.1) is 0 Å². The Kier molecular flexibility index (Phi) is 3.38. The van der Waals surface area contributed by atoms with Gasteiger partial charge in [0.15, 0.2) is 0 Å². The van der Waals surface area contributed by atoms with Gasteiger partial charge >= 0.3 is 106 Å². The van der Waals surface area contributed by atoms with Crippen LogP contribution >= 0.6 is 0 Å². The van der Waals surface area contributed by atoms with Crippen LogP contribution in [0.5, 0.6) is 0 Å². The van der Waals surface area contributed by atoms with Crippen LogP contribution < -0.4 is 4.40 Å². The first-order valence-electron chi connectivity index (χ1n) is 6.01. The van der Waals surface area contributed by atoms with E-state index in [0.717, 1.165) is 5.69 Å². The fourth-order valence-corrected chi connectivity index (χ4v) is 5.91. The molecule has 0 saturated heterocycles. The molecule has 0 aliphatic heterocycles. The Balaban J connectivity index is 2.53. The topological polar surface area (TPSA) is 12.9 Å². The predicted molar refractivity (Wildman–Crippen MR) is 77.4 cm³/mol. The summed E-state index contributed by atoms with van der Waals surface area (Å²) in [5.74, 6) is 7.28. The van der Waals surface area contributed by atoms with Crippen LogP contribution in [0.15, 0.2) is 42.6 Å². The average molecular weight is 286 g/mol. The molecule has 0 saturated carbocycles. The number of aromatic nitrogens is 1. The van der Waals surface area contributed by atoms with E-state index in [-0.39, 0.29) is 0 Å². The summed E-state index contributed by atoms with van der Waals surface area (Å²) in [6, 6.07) is 12.7. The first-order chi connectivity index (χ1) is 7.98. The summed E-state index contributed by atoms with van der Waals surface area (Å²) in [7, 11) is 0. The van der Waals surface area contributed by atoms with E-state index in [1.807, 2.05) is 12.3 Å². The summed E-state index contributed by atoms with van der Waals surface area (Å²) in [6.07, 6.45) is 2.02. The van der Waals surface area contributed by atoms with Crippen LogP contribution in [0.25, 0.3) is 11.3 Å². The summed E-state index contributed by atoms with van der Waals surface area (Å²) >= 11 is -1.79. The molecule has 0 spiro atoms. The Morgan fingerprint density at radius 1 is 1.00 bits per heavy atom. The van der Waals surface area contributed by atoms with E-state index in [4.69, 9.17) is 0 Å². The van der Waals surface area contributed by atoms with Crippen molar-refractivity contribution in [3.05, 3.63) is 48.2 Å². The fraction of sp³-hybridized carbons (Fsp3) is 0.267. The third kappa shape index (κ3) is 2.78. The quantitative estimate of drug-likeness (QED) is 0.769. The second kappa shape index (κ2) is 4.65. The van der Waals surface area contributed by atoms with Crippen molar-refractivity contribution in [1.29, 1.82) is 0 Å². The summed E-state index contributed by atoms with van der Waals surface area (Å²) in [4.78, 5) is 4.55. The number of pyridine rings is 1. The van der Waals surface area contributed by atoms with Crippen molar-refractivity contribution in [2.75, 3.05) is 0 Å². The third-order valence-electron chi connectivity index (χ3n) is 2.98. The molecule has 0 amide bonds. The first kappa shape index (κ1) is 12.4. The first-order valence-corrected chi connectivity index (χ1v) is 13.4. The molecule has 2 aromatic rings. The molecule has 2 heteroatoms. The monoisotopic (exact) mass is 287 g/mol. The second-order valence-electron chi connectivity index (χ2n) is 5.50. The molecular weight excluding hydrogens is 267 g/mol. The molecule has 0 aliphatic rings. The normalized spacial score (nSPS) is 11.5. The van der Waals surface area contributed by atoms with Gasteiger partial charge < -0.3 is 0 Å². The fourth-order valence-electron chi connectivity index (χ4n) is 2.10. The van der Waals surface area contributed by atoms with Crippen LogP contribution in [0.1, 0.15) is 5.56 Å². The summed E-state index contributed by atoms with van der Waals surface area (Å²) in [5.41, 5.74) is 3.66. The van der Waals surface area contributed by atoms with Gasteiger partial charge in [-0.25, -0.2) is 0 Å². The van der Waals surface area contributed by atoms with E-state index in [9.17, 15) is 0 Å². The van der Waals surface area contributed by atoms with Crippen molar-refractivity contribution in [2.24, 2.45) is 0 Å². The molecule has 1 aromatic carbocycles. The number of hydrogen-bond acceptors (Lipinski definition) is 1. The number of hydrogen-bond donors (Lipinski definition) is 0. The molecule has 0 bridgehead atoms. The Hall–Kier alpha value is -1.09. The van der Waals surface area contributed by atoms with Gasteiger partial charge in [-0.1, -0.05) is 0 Å². The van der Waals surface area contributed by atoms with Crippen LogP contribution in [0, 0.1) is 6.92 Å². The maximum atomic E-state index is 4.55. The SMILES string of the molecule is Cc1cnc(-c2ccccc2)c[c]1[Ge]([CH3])([CH3])[CH3]. The van der Waals surface area contributed by atoms with Crippen molar-refractivity contribution in [1.82, 2.24) is 4.98 Å². The summed E-state index contributed by atoms with van der Waals surface area (Å²) in [5, 5.41) is 0. The van der Waals surface area contributed by atoms with E-state index >= 15 is 0 Å². The van der Waals surface area contributed by atoms with Gasteiger partial charge in [0, 0.05) is 0 Å². The Morgan fingerprint density at radius 2 is 1.65 bits per heavy atom. The van der Waals surface area contributed by atoms with Crippen LogP contribution in [0.4, 0.5) is 0 Å². The van der Waals surface area contributed by atoms with Crippen molar-refractivity contribution in [2.45, 2.75) is 24.2 Å².